The SMILES string of the molecule is Cc1cc(C(=O)Nc2cnc(-n3nccn3)c(Cl)c2)c(Cl)cc1-c1ccc(F)cc1N. The summed E-state index contributed by atoms with van der Waals surface area (Å²) in [7, 11) is 0. The molecule has 3 N–H and O–H groups in total. The van der Waals surface area contributed by atoms with Gasteiger partial charge in [-0.2, -0.15) is 10.2 Å². The summed E-state index contributed by atoms with van der Waals surface area (Å²) in [6.07, 6.45) is 4.44. The summed E-state index contributed by atoms with van der Waals surface area (Å²) in [4.78, 5) is 18.3. The maximum absolute atomic E-state index is 13.4. The number of carbonyl (C=O) groups excluding carboxylic acids is 1. The van der Waals surface area contributed by atoms with Crippen molar-refractivity contribution >= 4 is 40.5 Å². The first-order valence-corrected chi connectivity index (χ1v) is 9.78. The average Bonchev–Trinajstić information content (AvgIpc) is 3.24. The summed E-state index contributed by atoms with van der Waals surface area (Å²) in [6, 6.07) is 8.95. The van der Waals surface area contributed by atoms with Crippen molar-refractivity contribution in [2.45, 2.75) is 6.92 Å². The van der Waals surface area contributed by atoms with Crippen LogP contribution in [0.4, 0.5) is 15.8 Å². The van der Waals surface area contributed by atoms with Crippen LogP contribution in [0.15, 0.2) is 55.0 Å². The Hall–Kier alpha value is -3.49. The van der Waals surface area contributed by atoms with E-state index in [4.69, 9.17) is 28.9 Å². The molecule has 2 aromatic carbocycles. The molecule has 0 aliphatic carbocycles. The average molecular weight is 457 g/mol. The van der Waals surface area contributed by atoms with Crippen LogP contribution in [-0.2, 0) is 0 Å². The predicted octanol–water partition coefficient (Wildman–Crippen LogP) is 4.92. The molecule has 7 nitrogen and oxygen atoms in total. The summed E-state index contributed by atoms with van der Waals surface area (Å²) < 4.78 is 13.4. The van der Waals surface area contributed by atoms with E-state index in [2.05, 4.69) is 20.5 Å². The van der Waals surface area contributed by atoms with E-state index < -0.39 is 11.7 Å². The van der Waals surface area contributed by atoms with Crippen LogP contribution in [0.3, 0.4) is 0 Å². The molecular formula is C21H15Cl2FN6O. The fraction of sp³-hybridized carbons (Fsp3) is 0.0476. The van der Waals surface area contributed by atoms with Crippen molar-refractivity contribution < 1.29 is 9.18 Å². The second-order valence-corrected chi connectivity index (χ2v) is 7.50. The summed E-state index contributed by atoms with van der Waals surface area (Å²) in [6.45, 7) is 1.82. The second-order valence-electron chi connectivity index (χ2n) is 6.68. The fourth-order valence-corrected chi connectivity index (χ4v) is 3.59. The largest absolute Gasteiger partial charge is 0.398 e. The van der Waals surface area contributed by atoms with E-state index in [1.807, 2.05) is 6.92 Å². The number of rotatable bonds is 4. The molecule has 10 heteroatoms. The van der Waals surface area contributed by atoms with Gasteiger partial charge >= 0.3 is 0 Å². The number of carbonyl (C=O) groups is 1. The molecule has 0 bridgehead atoms. The molecule has 0 saturated carbocycles. The Morgan fingerprint density at radius 3 is 2.48 bits per heavy atom. The third-order valence-corrected chi connectivity index (χ3v) is 5.14. The number of benzene rings is 2. The van der Waals surface area contributed by atoms with E-state index in [1.54, 1.807) is 24.3 Å². The van der Waals surface area contributed by atoms with Crippen molar-refractivity contribution in [3.05, 3.63) is 82.0 Å². The lowest BCUT2D eigenvalue weighted by Gasteiger charge is -2.13. The lowest BCUT2D eigenvalue weighted by atomic mass is 9.96. The monoisotopic (exact) mass is 456 g/mol. The molecule has 1 amide bonds. The zero-order chi connectivity index (χ0) is 22.1. The molecule has 0 aliphatic heterocycles. The Morgan fingerprint density at radius 1 is 1.06 bits per heavy atom. The lowest BCUT2D eigenvalue weighted by Crippen LogP contribution is -2.14. The Kier molecular flexibility index (Phi) is 5.58. The third-order valence-electron chi connectivity index (χ3n) is 4.55. The van der Waals surface area contributed by atoms with Crippen molar-refractivity contribution in [2.75, 3.05) is 11.1 Å². The van der Waals surface area contributed by atoms with Crippen molar-refractivity contribution in [1.82, 2.24) is 20.0 Å². The van der Waals surface area contributed by atoms with Gasteiger partial charge in [0.15, 0.2) is 5.82 Å². The Labute approximate surface area is 186 Å². The molecule has 0 spiro atoms. The van der Waals surface area contributed by atoms with Crippen molar-refractivity contribution in [3.8, 4) is 16.9 Å². The van der Waals surface area contributed by atoms with Gasteiger partial charge in [0.05, 0.1) is 39.9 Å². The van der Waals surface area contributed by atoms with Gasteiger partial charge in [-0.25, -0.2) is 9.37 Å². The van der Waals surface area contributed by atoms with Crippen LogP contribution in [0.1, 0.15) is 15.9 Å². The van der Waals surface area contributed by atoms with Crippen molar-refractivity contribution in [2.24, 2.45) is 0 Å². The van der Waals surface area contributed by atoms with Gasteiger partial charge in [0.25, 0.3) is 5.91 Å². The zero-order valence-corrected chi connectivity index (χ0v) is 17.6. The maximum atomic E-state index is 13.4. The van der Waals surface area contributed by atoms with Gasteiger partial charge in [-0.15, -0.1) is 4.80 Å². The molecule has 0 fully saturated rings. The number of anilines is 2. The van der Waals surface area contributed by atoms with Gasteiger partial charge in [-0.3, -0.25) is 4.79 Å². The van der Waals surface area contributed by atoms with E-state index in [1.165, 1.54) is 35.5 Å². The first-order chi connectivity index (χ1) is 14.8. The van der Waals surface area contributed by atoms with E-state index in [9.17, 15) is 9.18 Å². The Morgan fingerprint density at radius 2 is 1.81 bits per heavy atom. The van der Waals surface area contributed by atoms with Crippen molar-refractivity contribution in [3.63, 3.8) is 0 Å². The fourth-order valence-electron chi connectivity index (χ4n) is 3.09. The van der Waals surface area contributed by atoms with Gasteiger partial charge in [-0.05, 0) is 54.4 Å². The van der Waals surface area contributed by atoms with Gasteiger partial charge < -0.3 is 11.1 Å². The van der Waals surface area contributed by atoms with E-state index >= 15 is 0 Å². The molecule has 2 heterocycles. The number of nitrogen functional groups attached to an aromatic ring is 1. The van der Waals surface area contributed by atoms with E-state index in [0.29, 0.717) is 22.6 Å². The molecule has 4 rings (SSSR count). The molecule has 0 aliphatic rings. The highest BCUT2D eigenvalue weighted by Crippen LogP contribution is 2.33. The van der Waals surface area contributed by atoms with E-state index in [0.717, 1.165) is 5.56 Å². The molecule has 0 saturated heterocycles. The highest BCUT2D eigenvalue weighted by Gasteiger charge is 2.17. The number of aromatic nitrogens is 4. The Bertz CT molecular complexity index is 1290. The number of pyridine rings is 1. The number of hydrogen-bond acceptors (Lipinski definition) is 5. The number of nitrogens with two attached hydrogens (primary N) is 1. The topological polar surface area (TPSA) is 98.7 Å². The van der Waals surface area contributed by atoms with Gasteiger partial charge in [-0.1, -0.05) is 23.2 Å². The second kappa shape index (κ2) is 8.33. The molecule has 31 heavy (non-hydrogen) atoms. The van der Waals surface area contributed by atoms with Crippen molar-refractivity contribution in [1.29, 1.82) is 0 Å². The number of hydrogen-bond donors (Lipinski definition) is 2. The minimum absolute atomic E-state index is 0.221. The summed E-state index contributed by atoms with van der Waals surface area (Å²) >= 11 is 12.6. The van der Waals surface area contributed by atoms with Gasteiger partial charge in [0.1, 0.15) is 5.82 Å². The summed E-state index contributed by atoms with van der Waals surface area (Å²) in [5.41, 5.74) is 8.96. The highest BCUT2D eigenvalue weighted by atomic mass is 35.5. The molecule has 0 atom stereocenters. The van der Waals surface area contributed by atoms with Crippen LogP contribution >= 0.6 is 23.2 Å². The first kappa shape index (κ1) is 20.8. The van der Waals surface area contributed by atoms with Gasteiger partial charge in [0.2, 0.25) is 0 Å². The van der Waals surface area contributed by atoms with Crippen LogP contribution in [0.5, 0.6) is 0 Å². The molecule has 156 valence electrons. The van der Waals surface area contributed by atoms with Crippen LogP contribution in [-0.4, -0.2) is 25.9 Å². The summed E-state index contributed by atoms with van der Waals surface area (Å²) in [5, 5.41) is 11.2. The smallest absolute Gasteiger partial charge is 0.257 e. The number of amides is 1. The maximum Gasteiger partial charge on any atom is 0.257 e. The lowest BCUT2D eigenvalue weighted by molar-refractivity contribution is 0.102. The predicted molar refractivity (Wildman–Crippen MR) is 118 cm³/mol. The third kappa shape index (κ3) is 4.21. The molecule has 4 aromatic rings. The number of halogens is 3. The van der Waals surface area contributed by atoms with Crippen LogP contribution in [0.25, 0.3) is 16.9 Å². The van der Waals surface area contributed by atoms with Crippen LogP contribution < -0.4 is 11.1 Å². The summed E-state index contributed by atoms with van der Waals surface area (Å²) in [5.74, 6) is -0.531. The van der Waals surface area contributed by atoms with Gasteiger partial charge in [0, 0.05) is 11.3 Å². The molecule has 0 radical (unpaired) electrons. The molecular weight excluding hydrogens is 442 g/mol. The van der Waals surface area contributed by atoms with Crippen LogP contribution in [0.2, 0.25) is 10.0 Å². The zero-order valence-electron chi connectivity index (χ0n) is 16.1. The number of aryl methyl sites for hydroxylation is 1. The highest BCUT2D eigenvalue weighted by molar-refractivity contribution is 6.35. The number of nitrogens with one attached hydrogen (secondary N) is 1. The standard InChI is InChI=1S/C21H15Cl2FN6O/c1-11-6-16(17(22)9-15(11)14-3-2-12(24)7-19(14)25)21(31)29-13-8-18(23)20(26-10-13)30-27-4-5-28-30/h2-10H,25H2,1H3,(H,29,31). The minimum atomic E-state index is -0.436. The normalized spacial score (nSPS) is 10.8. The quantitative estimate of drug-likeness (QED) is 0.424. The van der Waals surface area contributed by atoms with Crippen LogP contribution in [0, 0.1) is 12.7 Å². The first-order valence-electron chi connectivity index (χ1n) is 9.02. The minimum Gasteiger partial charge on any atom is -0.398 e. The molecule has 0 unspecified atom stereocenters. The van der Waals surface area contributed by atoms with E-state index in [-0.39, 0.29) is 21.3 Å². The Balaban J connectivity index is 1.61. The molecule has 2 aromatic heterocycles. The number of nitrogens with zero attached hydrogens (tertiary/aromatic N) is 4.